The molecule has 0 atom stereocenters. The van der Waals surface area contributed by atoms with Crippen LogP contribution in [-0.2, 0) is 0 Å². The molecule has 6 nitrogen and oxygen atoms in total. The van der Waals surface area contributed by atoms with Crippen LogP contribution in [0.2, 0.25) is 0 Å². The van der Waals surface area contributed by atoms with Crippen molar-refractivity contribution in [1.29, 1.82) is 0 Å². The monoisotopic (exact) mass is 710 g/mol. The van der Waals surface area contributed by atoms with E-state index >= 15 is 0 Å². The Morgan fingerprint density at radius 1 is 0.308 bits per heavy atom. The van der Waals surface area contributed by atoms with Crippen molar-refractivity contribution in [2.24, 2.45) is 0 Å². The van der Waals surface area contributed by atoms with Gasteiger partial charge in [0.1, 0.15) is 11.5 Å². The number of hydrogen-bond acceptors (Lipinski definition) is 2. The van der Waals surface area contributed by atoms with Crippen LogP contribution < -0.4 is 30.8 Å². The molecule has 8 heteroatoms. The molecule has 0 bridgehead atoms. The van der Waals surface area contributed by atoms with E-state index in [1.165, 1.54) is 0 Å². The van der Waals surface area contributed by atoms with Crippen LogP contribution in [0.15, 0.2) is 170 Å². The Bertz CT molecular complexity index is 2390. The molecule has 52 heavy (non-hydrogen) atoms. The quantitative estimate of drug-likeness (QED) is 0.113. The highest BCUT2D eigenvalue weighted by Gasteiger charge is 2.26. The number of hydrogen-bond donors (Lipinski definition) is 4. The molecule has 0 spiro atoms. The molecule has 4 N–H and O–H groups in total. The molecule has 4 aromatic heterocycles. The number of fused-ring (bicyclic) bond motifs is 4. The molecule has 0 amide bonds. The van der Waals surface area contributed by atoms with Crippen molar-refractivity contribution >= 4 is 81.6 Å². The van der Waals surface area contributed by atoms with Gasteiger partial charge >= 0.3 is 0 Å². The zero-order valence-corrected chi connectivity index (χ0v) is 29.7. The maximum atomic E-state index is 7.18. The first-order valence-corrected chi connectivity index (χ1v) is 19.7. The summed E-state index contributed by atoms with van der Waals surface area (Å²) in [5.41, 5.74) is 10.4. The lowest BCUT2D eigenvalue weighted by atomic mass is 10.0. The van der Waals surface area contributed by atoms with E-state index in [2.05, 4.69) is 178 Å². The Kier molecular flexibility index (Phi) is 7.64. The Morgan fingerprint density at radius 2 is 0.577 bits per heavy atom. The zero-order valence-electron chi connectivity index (χ0n) is 27.9. The number of H-pyrrole nitrogens is 4. The molecule has 0 aliphatic heterocycles. The Labute approximate surface area is 302 Å². The lowest BCUT2D eigenvalue weighted by Gasteiger charge is -2.22. The predicted molar refractivity (Wildman–Crippen MR) is 219 cm³/mol. The first-order chi connectivity index (χ1) is 25.7. The Morgan fingerprint density at radius 3 is 0.885 bits per heavy atom. The molecule has 0 fully saturated rings. The molecule has 0 aliphatic rings. The van der Waals surface area contributed by atoms with Crippen molar-refractivity contribution in [3.05, 3.63) is 170 Å². The van der Waals surface area contributed by atoms with Crippen LogP contribution in [0.25, 0.3) is 54.7 Å². The lowest BCUT2D eigenvalue weighted by molar-refractivity contribution is 0.621. The number of aromatic amines is 4. The van der Waals surface area contributed by atoms with Gasteiger partial charge in [0.15, 0.2) is 16.3 Å². The fourth-order valence-corrected chi connectivity index (χ4v) is 10.4. The molecule has 0 radical (unpaired) electrons. The molecule has 4 heterocycles. The summed E-state index contributed by atoms with van der Waals surface area (Å²) in [4.78, 5) is 14.7. The normalized spacial score (nSPS) is 11.8. The van der Waals surface area contributed by atoms with Gasteiger partial charge in [0.25, 0.3) is 0 Å². The fraction of sp³-hybridized carbons (Fsp3) is 0. The van der Waals surface area contributed by atoms with E-state index in [9.17, 15) is 0 Å². The molecule has 0 aliphatic carbocycles. The van der Waals surface area contributed by atoms with Gasteiger partial charge in [0, 0.05) is 54.7 Å². The maximum Gasteiger partial charge on any atom is 0.184 e. The van der Waals surface area contributed by atoms with E-state index < -0.39 is 16.3 Å². The topological polar surface area (TPSA) is 81.6 Å². The lowest BCUT2D eigenvalue weighted by Crippen LogP contribution is -2.18. The highest BCUT2D eigenvalue weighted by molar-refractivity contribution is 7.68. The third-order valence-electron chi connectivity index (χ3n) is 9.38. The van der Waals surface area contributed by atoms with Crippen LogP contribution in [0.3, 0.4) is 0 Å². The van der Waals surface area contributed by atoms with E-state index in [1.807, 2.05) is 12.1 Å². The van der Waals surface area contributed by atoms with Crippen molar-refractivity contribution in [2.45, 2.75) is 0 Å². The highest BCUT2D eigenvalue weighted by atomic mass is 31.1. The van der Waals surface area contributed by atoms with E-state index in [1.54, 1.807) is 0 Å². The summed E-state index contributed by atoms with van der Waals surface area (Å²) in [6.07, 6.45) is 0. The second kappa shape index (κ2) is 12.9. The second-order valence-corrected chi connectivity index (χ2v) is 16.2. The maximum absolute atomic E-state index is 7.18. The third-order valence-corrected chi connectivity index (χ3v) is 12.9. The molecular weight excluding hydrogens is 678 g/mol. The number of benzene rings is 6. The molecule has 0 unspecified atom stereocenters. The molecule has 0 saturated carbocycles. The second-order valence-electron chi connectivity index (χ2n) is 12.7. The summed E-state index contributed by atoms with van der Waals surface area (Å²) >= 11 is 0. The predicted octanol–water partition coefficient (Wildman–Crippen LogP) is 10.1. The van der Waals surface area contributed by atoms with Crippen LogP contribution in [0.4, 0.5) is 0 Å². The van der Waals surface area contributed by atoms with Crippen LogP contribution >= 0.6 is 16.3 Å². The van der Waals surface area contributed by atoms with Gasteiger partial charge in [0.2, 0.25) is 0 Å². The summed E-state index contributed by atoms with van der Waals surface area (Å²) in [6, 6.07) is 58.9. The average Bonchev–Trinajstić information content (AvgIpc) is 4.00. The Hall–Kier alpha value is -6.06. The van der Waals surface area contributed by atoms with E-state index in [-0.39, 0.29) is 0 Å². The van der Waals surface area contributed by atoms with Crippen LogP contribution in [0.1, 0.15) is 0 Å². The van der Waals surface area contributed by atoms with Gasteiger partial charge < -0.3 is 29.0 Å². The highest BCUT2D eigenvalue weighted by Crippen LogP contribution is 2.47. The average molecular weight is 711 g/mol. The number of nitrogens with one attached hydrogen (secondary N) is 4. The van der Waals surface area contributed by atoms with E-state index in [4.69, 9.17) is 9.05 Å². The summed E-state index contributed by atoms with van der Waals surface area (Å²) in [5.74, 6) is 1.56. The van der Waals surface area contributed by atoms with Crippen LogP contribution in [0, 0.1) is 0 Å². The first kappa shape index (κ1) is 30.7. The van der Waals surface area contributed by atoms with Crippen molar-refractivity contribution < 1.29 is 9.05 Å². The summed E-state index contributed by atoms with van der Waals surface area (Å²) in [6.45, 7) is 0. The van der Waals surface area contributed by atoms with Crippen molar-refractivity contribution in [3.63, 3.8) is 0 Å². The van der Waals surface area contributed by atoms with Gasteiger partial charge in [-0.05, 0) is 60.7 Å². The van der Waals surface area contributed by atoms with Gasteiger partial charge in [-0.1, -0.05) is 109 Å². The van der Waals surface area contributed by atoms with Crippen molar-refractivity contribution in [2.75, 3.05) is 0 Å². The number of aromatic nitrogens is 4. The van der Waals surface area contributed by atoms with Crippen LogP contribution in [-0.4, -0.2) is 19.9 Å². The van der Waals surface area contributed by atoms with Crippen molar-refractivity contribution in [3.8, 4) is 22.6 Å². The molecular formula is C44H32N4O2P2. The van der Waals surface area contributed by atoms with Gasteiger partial charge in [0.05, 0.1) is 21.7 Å². The first-order valence-electron chi connectivity index (χ1n) is 17.2. The Balaban J connectivity index is 1.07. The third kappa shape index (κ3) is 5.63. The zero-order chi connectivity index (χ0) is 34.4. The minimum Gasteiger partial charge on any atom is -0.461 e. The standard InChI is InChI=1S/C44H32N4O2P2/c1-7-19-35-29(13-1)25-41(45-35)51(42-26-30-14-2-8-20-36(30)46-42)49-39-23-11-5-17-33(39)34-18-6-12-24-40(34)50-52(43-27-31-15-3-9-21-37(31)47-43)44-28-32-16-4-10-22-38(32)48-44/h1-28,45-48H. The van der Waals surface area contributed by atoms with E-state index in [0.29, 0.717) is 0 Å². The SMILES string of the molecule is c1ccc(-c2ccccc2OP(c2cc3ccccc3[nH]2)c2cc3ccccc3[nH]2)c(OP(c2cc3ccccc3[nH]2)c2cc3ccccc3[nH]2)c1. The number of rotatable bonds is 9. The fourth-order valence-electron chi connectivity index (χ4n) is 6.86. The number of para-hydroxylation sites is 6. The van der Waals surface area contributed by atoms with Gasteiger partial charge in [-0.3, -0.25) is 0 Å². The van der Waals surface area contributed by atoms with Crippen LogP contribution in [0.5, 0.6) is 11.5 Å². The van der Waals surface area contributed by atoms with Gasteiger partial charge in [-0.25, -0.2) is 0 Å². The molecule has 250 valence electrons. The van der Waals surface area contributed by atoms with Gasteiger partial charge in [-0.2, -0.15) is 0 Å². The van der Waals surface area contributed by atoms with E-state index in [0.717, 1.165) is 88.0 Å². The smallest absolute Gasteiger partial charge is 0.184 e. The molecule has 6 aromatic carbocycles. The minimum absolute atomic E-state index is 0.780. The van der Waals surface area contributed by atoms with Crippen molar-refractivity contribution in [1.82, 2.24) is 19.9 Å². The van der Waals surface area contributed by atoms with Gasteiger partial charge in [-0.15, -0.1) is 0 Å². The molecule has 0 saturated heterocycles. The summed E-state index contributed by atoms with van der Waals surface area (Å²) < 4.78 is 14.4. The largest absolute Gasteiger partial charge is 0.461 e. The summed E-state index contributed by atoms with van der Waals surface area (Å²) in [7, 11) is -2.62. The minimum atomic E-state index is -1.31. The molecule has 10 rings (SSSR count). The summed E-state index contributed by atoms with van der Waals surface area (Å²) in [5, 5.41) is 4.61. The molecule has 10 aromatic rings.